The highest BCUT2D eigenvalue weighted by atomic mass is 19.1. The van der Waals surface area contributed by atoms with Gasteiger partial charge in [-0.1, -0.05) is 5.11 Å². The van der Waals surface area contributed by atoms with Crippen molar-refractivity contribution in [2.24, 2.45) is 11.0 Å². The number of nitrogens with zero attached hydrogens (tertiary/aromatic N) is 3. The van der Waals surface area contributed by atoms with Crippen molar-refractivity contribution in [2.45, 2.75) is 6.42 Å². The number of amides is 2. The van der Waals surface area contributed by atoms with Gasteiger partial charge in [-0.25, -0.2) is 10.3 Å². The first kappa shape index (κ1) is 17.4. The first-order chi connectivity index (χ1) is 10.6. The number of carbonyl (C=O) groups excluding carboxylic acids is 2. The molecule has 0 radical (unpaired) electrons. The van der Waals surface area contributed by atoms with Gasteiger partial charge < -0.3 is 10.6 Å². The zero-order valence-electron chi connectivity index (χ0n) is 11.6. The molecule has 0 aromatic heterocycles. The van der Waals surface area contributed by atoms with Crippen LogP contribution in [0.1, 0.15) is 16.8 Å². The second kappa shape index (κ2) is 9.29. The van der Waals surface area contributed by atoms with E-state index in [1.54, 1.807) is 0 Å². The fourth-order valence-corrected chi connectivity index (χ4v) is 1.53. The van der Waals surface area contributed by atoms with Crippen molar-refractivity contribution in [1.82, 2.24) is 10.6 Å². The summed E-state index contributed by atoms with van der Waals surface area (Å²) in [4.78, 5) is 29.5. The van der Waals surface area contributed by atoms with E-state index in [0.717, 1.165) is 12.1 Å². The van der Waals surface area contributed by atoms with Gasteiger partial charge in [0, 0.05) is 23.6 Å². The molecule has 9 nitrogen and oxygen atoms in total. The largest absolute Gasteiger partial charge is 0.354 e. The average molecular weight is 310 g/mol. The molecule has 0 heterocycles. The predicted molar refractivity (Wildman–Crippen MR) is 75.3 cm³/mol. The molecular formula is C12H15FN6O3. The lowest BCUT2D eigenvalue weighted by Crippen LogP contribution is -2.32. The van der Waals surface area contributed by atoms with Gasteiger partial charge in [0.15, 0.2) is 0 Å². The van der Waals surface area contributed by atoms with Gasteiger partial charge in [-0.05, 0) is 30.2 Å². The van der Waals surface area contributed by atoms with Gasteiger partial charge in [0.05, 0.1) is 5.69 Å². The SMILES string of the molecule is [N-]=[N+]=Nc1cc(C(=O)NCCCNC(=O)CON)ccc1F. The van der Waals surface area contributed by atoms with Crippen molar-refractivity contribution in [3.63, 3.8) is 0 Å². The average Bonchev–Trinajstić information content (AvgIpc) is 2.49. The van der Waals surface area contributed by atoms with E-state index in [0.29, 0.717) is 19.5 Å². The summed E-state index contributed by atoms with van der Waals surface area (Å²) in [5, 5.41) is 8.27. The second-order valence-corrected chi connectivity index (χ2v) is 4.13. The minimum Gasteiger partial charge on any atom is -0.354 e. The summed E-state index contributed by atoms with van der Waals surface area (Å²) >= 11 is 0. The lowest BCUT2D eigenvalue weighted by molar-refractivity contribution is -0.125. The first-order valence-electron chi connectivity index (χ1n) is 6.29. The van der Waals surface area contributed by atoms with E-state index in [2.05, 4.69) is 25.5 Å². The molecule has 0 aliphatic rings. The number of nitrogens with two attached hydrogens (primary N) is 1. The number of azide groups is 1. The van der Waals surface area contributed by atoms with E-state index in [4.69, 9.17) is 11.4 Å². The molecule has 0 unspecified atom stereocenters. The number of rotatable bonds is 8. The molecule has 118 valence electrons. The molecule has 22 heavy (non-hydrogen) atoms. The summed E-state index contributed by atoms with van der Waals surface area (Å²) in [6.45, 7) is 0.414. The van der Waals surface area contributed by atoms with Gasteiger partial charge in [-0.2, -0.15) is 0 Å². The molecule has 0 aliphatic carbocycles. The Bertz CT molecular complexity index is 588. The van der Waals surface area contributed by atoms with Crippen LogP contribution in [0, 0.1) is 5.82 Å². The predicted octanol–water partition coefficient (Wildman–Crippen LogP) is 0.894. The van der Waals surface area contributed by atoms with Crippen molar-refractivity contribution >= 4 is 17.5 Å². The van der Waals surface area contributed by atoms with Gasteiger partial charge in [0.1, 0.15) is 12.4 Å². The van der Waals surface area contributed by atoms with Gasteiger partial charge in [0.2, 0.25) is 5.91 Å². The minimum absolute atomic E-state index is 0.171. The van der Waals surface area contributed by atoms with Crippen LogP contribution in [0.15, 0.2) is 23.3 Å². The smallest absolute Gasteiger partial charge is 0.251 e. The van der Waals surface area contributed by atoms with Crippen molar-refractivity contribution in [3.8, 4) is 0 Å². The van der Waals surface area contributed by atoms with Crippen LogP contribution in [0.3, 0.4) is 0 Å². The van der Waals surface area contributed by atoms with Crippen LogP contribution < -0.4 is 16.5 Å². The molecule has 0 aliphatic heterocycles. The molecule has 1 rings (SSSR count). The summed E-state index contributed by atoms with van der Waals surface area (Å²) in [7, 11) is 0. The maximum Gasteiger partial charge on any atom is 0.251 e. The molecule has 2 amide bonds. The Hall–Kier alpha value is -2.68. The molecule has 0 atom stereocenters. The molecular weight excluding hydrogens is 295 g/mol. The second-order valence-electron chi connectivity index (χ2n) is 4.13. The normalized spacial score (nSPS) is 9.73. The van der Waals surface area contributed by atoms with E-state index in [9.17, 15) is 14.0 Å². The first-order valence-corrected chi connectivity index (χ1v) is 6.29. The third kappa shape index (κ3) is 5.75. The quantitative estimate of drug-likeness (QED) is 0.215. The Balaban J connectivity index is 2.41. The van der Waals surface area contributed by atoms with E-state index < -0.39 is 11.7 Å². The Labute approximate surface area is 125 Å². The molecule has 10 heteroatoms. The summed E-state index contributed by atoms with van der Waals surface area (Å²) in [6, 6.07) is 3.48. The monoisotopic (exact) mass is 310 g/mol. The lowest BCUT2D eigenvalue weighted by atomic mass is 10.2. The molecule has 1 aromatic carbocycles. The minimum atomic E-state index is -0.709. The van der Waals surface area contributed by atoms with Crippen molar-refractivity contribution < 1.29 is 18.8 Å². The van der Waals surface area contributed by atoms with E-state index in [-0.39, 0.29) is 23.8 Å². The van der Waals surface area contributed by atoms with Crippen LogP contribution in [0.5, 0.6) is 0 Å². The standard InChI is InChI=1S/C12H15FN6O3/c13-9-3-2-8(6-10(9)18-19-14)12(21)17-5-1-4-16-11(20)7-22-15/h2-3,6H,1,4-5,7,15H2,(H,16,20)(H,17,21). The van der Waals surface area contributed by atoms with Crippen LogP contribution in [0.25, 0.3) is 10.4 Å². The fourth-order valence-electron chi connectivity index (χ4n) is 1.53. The fraction of sp³-hybridized carbons (Fsp3) is 0.333. The van der Waals surface area contributed by atoms with Crippen molar-refractivity contribution in [2.75, 3.05) is 19.7 Å². The highest BCUT2D eigenvalue weighted by Gasteiger charge is 2.08. The summed E-state index contributed by atoms with van der Waals surface area (Å²) in [5.74, 6) is 3.23. The third-order valence-electron chi connectivity index (χ3n) is 2.54. The van der Waals surface area contributed by atoms with Crippen LogP contribution in [0.2, 0.25) is 0 Å². The van der Waals surface area contributed by atoms with Crippen LogP contribution in [-0.2, 0) is 9.63 Å². The summed E-state index contributed by atoms with van der Waals surface area (Å²) in [6.07, 6.45) is 0.493. The maximum absolute atomic E-state index is 13.3. The van der Waals surface area contributed by atoms with Crippen LogP contribution in [0.4, 0.5) is 10.1 Å². The Morgan fingerprint density at radius 1 is 1.36 bits per heavy atom. The number of hydrogen-bond donors (Lipinski definition) is 3. The van der Waals surface area contributed by atoms with Crippen LogP contribution >= 0.6 is 0 Å². The van der Waals surface area contributed by atoms with E-state index in [1.807, 2.05) is 0 Å². The highest BCUT2D eigenvalue weighted by molar-refractivity contribution is 5.94. The van der Waals surface area contributed by atoms with Gasteiger partial charge in [-0.15, -0.1) is 0 Å². The summed E-state index contributed by atoms with van der Waals surface area (Å²) < 4.78 is 13.3. The van der Waals surface area contributed by atoms with Crippen LogP contribution in [-0.4, -0.2) is 31.5 Å². The number of benzene rings is 1. The molecule has 1 aromatic rings. The summed E-state index contributed by atoms with van der Waals surface area (Å²) in [5.41, 5.74) is 8.22. The van der Waals surface area contributed by atoms with Crippen molar-refractivity contribution in [1.29, 1.82) is 0 Å². The molecule has 0 saturated heterocycles. The van der Waals surface area contributed by atoms with Gasteiger partial charge in [0.25, 0.3) is 5.91 Å². The lowest BCUT2D eigenvalue weighted by Gasteiger charge is -2.07. The number of carbonyl (C=O) groups is 2. The Morgan fingerprint density at radius 3 is 2.77 bits per heavy atom. The number of halogens is 1. The maximum atomic E-state index is 13.3. The van der Waals surface area contributed by atoms with E-state index in [1.165, 1.54) is 6.07 Å². The van der Waals surface area contributed by atoms with Gasteiger partial charge in [-0.3, -0.25) is 14.4 Å². The van der Waals surface area contributed by atoms with E-state index >= 15 is 0 Å². The third-order valence-corrected chi connectivity index (χ3v) is 2.54. The molecule has 0 fully saturated rings. The zero-order valence-corrected chi connectivity index (χ0v) is 11.6. The molecule has 0 spiro atoms. The van der Waals surface area contributed by atoms with Crippen molar-refractivity contribution in [3.05, 3.63) is 40.0 Å². The molecule has 0 bridgehead atoms. The van der Waals surface area contributed by atoms with Gasteiger partial charge >= 0.3 is 0 Å². The number of nitrogens with one attached hydrogen (secondary N) is 2. The molecule has 0 saturated carbocycles. The number of hydrogen-bond acceptors (Lipinski definition) is 5. The highest BCUT2D eigenvalue weighted by Crippen LogP contribution is 2.19. The Morgan fingerprint density at radius 2 is 2.09 bits per heavy atom. The molecule has 4 N–H and O–H groups in total. The zero-order chi connectivity index (χ0) is 16.4. The topological polar surface area (TPSA) is 142 Å². The Kier molecular flexibility index (Phi) is 7.34.